The van der Waals surface area contributed by atoms with Gasteiger partial charge in [0, 0.05) is 12.5 Å². The van der Waals surface area contributed by atoms with Crippen LogP contribution in [0.2, 0.25) is 0 Å². The van der Waals surface area contributed by atoms with Crippen LogP contribution in [0.5, 0.6) is 0 Å². The average Bonchev–Trinajstić information content (AvgIpc) is 1.99. The van der Waals surface area contributed by atoms with Crippen LogP contribution in [0.3, 0.4) is 0 Å². The van der Waals surface area contributed by atoms with Crippen LogP contribution in [0, 0.1) is 11.3 Å². The predicted molar refractivity (Wildman–Crippen MR) is 56.3 cm³/mol. The van der Waals surface area contributed by atoms with Gasteiger partial charge in [-0.3, -0.25) is 0 Å². The van der Waals surface area contributed by atoms with Crippen LogP contribution in [0.25, 0.3) is 0 Å². The Morgan fingerprint density at radius 2 is 1.62 bits per heavy atom. The van der Waals surface area contributed by atoms with Gasteiger partial charge in [-0.05, 0) is 12.3 Å². The Hall–Kier alpha value is -0.290. The van der Waals surface area contributed by atoms with Crippen LogP contribution in [-0.4, -0.2) is 33.1 Å². The summed E-state index contributed by atoms with van der Waals surface area (Å²) < 4.78 is 45.5. The molecule has 0 radical (unpaired) electrons. The lowest BCUT2D eigenvalue weighted by atomic mass is 9.83. The molecule has 98 valence electrons. The molecule has 1 unspecified atom stereocenters. The molecule has 0 saturated carbocycles. The molecule has 5 heteroatoms. The molecule has 1 atom stereocenters. The second-order valence-electron chi connectivity index (χ2n) is 4.95. The Kier molecular flexibility index (Phi) is 6.33. The number of ether oxygens (including phenoxy) is 2. The highest BCUT2D eigenvalue weighted by Gasteiger charge is 2.31. The monoisotopic (exact) mass is 242 g/mol. The van der Waals surface area contributed by atoms with E-state index in [9.17, 15) is 13.2 Å². The van der Waals surface area contributed by atoms with Gasteiger partial charge in [0.2, 0.25) is 0 Å². The van der Waals surface area contributed by atoms with Crippen molar-refractivity contribution < 1.29 is 22.6 Å². The zero-order valence-corrected chi connectivity index (χ0v) is 10.4. The van der Waals surface area contributed by atoms with Crippen molar-refractivity contribution in [3.05, 3.63) is 0 Å². The largest absolute Gasteiger partial charge is 0.411 e. The first-order valence-corrected chi connectivity index (χ1v) is 5.32. The quantitative estimate of drug-likeness (QED) is 0.682. The van der Waals surface area contributed by atoms with Crippen molar-refractivity contribution in [2.75, 3.05) is 26.9 Å². The first-order valence-electron chi connectivity index (χ1n) is 5.32. The summed E-state index contributed by atoms with van der Waals surface area (Å²) >= 11 is 0. The fourth-order valence-electron chi connectivity index (χ4n) is 1.91. The number of alkyl halides is 3. The molecule has 0 rings (SSSR count). The van der Waals surface area contributed by atoms with E-state index in [0.717, 1.165) is 6.42 Å². The number of rotatable bonds is 7. The van der Waals surface area contributed by atoms with E-state index < -0.39 is 12.8 Å². The SMILES string of the molecule is COCC(C)(COCC(F)(F)F)CC(C)C. The van der Waals surface area contributed by atoms with Crippen LogP contribution < -0.4 is 0 Å². The summed E-state index contributed by atoms with van der Waals surface area (Å²) in [6, 6.07) is 0. The van der Waals surface area contributed by atoms with Crippen LogP contribution in [-0.2, 0) is 9.47 Å². The van der Waals surface area contributed by atoms with Crippen molar-refractivity contribution in [3.63, 3.8) is 0 Å². The summed E-state index contributed by atoms with van der Waals surface area (Å²) in [6.07, 6.45) is -3.48. The molecular formula is C11H21F3O2. The first-order chi connectivity index (χ1) is 7.18. The molecule has 0 spiro atoms. The lowest BCUT2D eigenvalue weighted by Gasteiger charge is -2.30. The summed E-state index contributed by atoms with van der Waals surface area (Å²) in [4.78, 5) is 0. The Morgan fingerprint density at radius 3 is 2.00 bits per heavy atom. The predicted octanol–water partition coefficient (Wildman–Crippen LogP) is 3.26. The van der Waals surface area contributed by atoms with E-state index >= 15 is 0 Å². The molecule has 0 saturated heterocycles. The molecule has 0 N–H and O–H groups in total. The van der Waals surface area contributed by atoms with Crippen molar-refractivity contribution in [2.45, 2.75) is 33.4 Å². The summed E-state index contributed by atoms with van der Waals surface area (Å²) in [7, 11) is 1.54. The van der Waals surface area contributed by atoms with Crippen molar-refractivity contribution in [1.29, 1.82) is 0 Å². The second-order valence-corrected chi connectivity index (χ2v) is 4.95. The molecule has 2 nitrogen and oxygen atoms in total. The van der Waals surface area contributed by atoms with Crippen molar-refractivity contribution in [3.8, 4) is 0 Å². The Labute approximate surface area is 95.1 Å². The maximum atomic E-state index is 11.9. The van der Waals surface area contributed by atoms with E-state index in [-0.39, 0.29) is 12.0 Å². The first kappa shape index (κ1) is 15.7. The van der Waals surface area contributed by atoms with Crippen molar-refractivity contribution in [1.82, 2.24) is 0 Å². The van der Waals surface area contributed by atoms with E-state index in [1.807, 2.05) is 20.8 Å². The third kappa shape index (κ3) is 7.93. The van der Waals surface area contributed by atoms with E-state index in [0.29, 0.717) is 12.5 Å². The fraction of sp³-hybridized carbons (Fsp3) is 1.00. The number of hydrogen-bond acceptors (Lipinski definition) is 2. The van der Waals surface area contributed by atoms with Gasteiger partial charge in [-0.1, -0.05) is 20.8 Å². The van der Waals surface area contributed by atoms with Crippen molar-refractivity contribution >= 4 is 0 Å². The molecule has 0 aliphatic rings. The van der Waals surface area contributed by atoms with Gasteiger partial charge in [0.05, 0.1) is 13.2 Å². The van der Waals surface area contributed by atoms with Gasteiger partial charge in [-0.25, -0.2) is 0 Å². The maximum Gasteiger partial charge on any atom is 0.411 e. The molecule has 0 heterocycles. The minimum atomic E-state index is -4.26. The molecule has 0 bridgehead atoms. The highest BCUT2D eigenvalue weighted by molar-refractivity contribution is 4.75. The fourth-order valence-corrected chi connectivity index (χ4v) is 1.91. The van der Waals surface area contributed by atoms with Gasteiger partial charge in [0.25, 0.3) is 0 Å². The summed E-state index contributed by atoms with van der Waals surface area (Å²) in [5, 5.41) is 0. The Bertz CT molecular complexity index is 192. The smallest absolute Gasteiger partial charge is 0.384 e. The van der Waals surface area contributed by atoms with Crippen LogP contribution in [0.1, 0.15) is 27.2 Å². The van der Waals surface area contributed by atoms with Crippen molar-refractivity contribution in [2.24, 2.45) is 11.3 Å². The molecule has 0 aromatic carbocycles. The van der Waals surface area contributed by atoms with Gasteiger partial charge in [0.15, 0.2) is 0 Å². The van der Waals surface area contributed by atoms with Gasteiger partial charge in [0.1, 0.15) is 6.61 Å². The molecule has 0 aromatic heterocycles. The topological polar surface area (TPSA) is 18.5 Å². The highest BCUT2D eigenvalue weighted by Crippen LogP contribution is 2.27. The van der Waals surface area contributed by atoms with Gasteiger partial charge in [-0.15, -0.1) is 0 Å². The summed E-state index contributed by atoms with van der Waals surface area (Å²) in [5.41, 5.74) is -0.353. The average molecular weight is 242 g/mol. The molecule has 0 fully saturated rings. The lowest BCUT2D eigenvalue weighted by Crippen LogP contribution is -2.32. The number of hydrogen-bond donors (Lipinski definition) is 0. The third-order valence-electron chi connectivity index (χ3n) is 2.11. The number of halogens is 3. The summed E-state index contributed by atoms with van der Waals surface area (Å²) in [6.45, 7) is 5.22. The minimum absolute atomic E-state index is 0.0680. The molecule has 0 amide bonds. The molecule has 16 heavy (non-hydrogen) atoms. The molecular weight excluding hydrogens is 221 g/mol. The van der Waals surface area contributed by atoms with Crippen LogP contribution >= 0.6 is 0 Å². The Balaban J connectivity index is 4.12. The van der Waals surface area contributed by atoms with Gasteiger partial charge in [-0.2, -0.15) is 13.2 Å². The molecule has 0 aliphatic carbocycles. The zero-order valence-electron chi connectivity index (χ0n) is 10.4. The van der Waals surface area contributed by atoms with Gasteiger partial charge >= 0.3 is 6.18 Å². The molecule has 0 aromatic rings. The van der Waals surface area contributed by atoms with Gasteiger partial charge < -0.3 is 9.47 Å². The van der Waals surface area contributed by atoms with E-state index in [4.69, 9.17) is 9.47 Å². The lowest BCUT2D eigenvalue weighted by molar-refractivity contribution is -0.182. The van der Waals surface area contributed by atoms with E-state index in [1.165, 1.54) is 0 Å². The second kappa shape index (κ2) is 6.45. The Morgan fingerprint density at radius 1 is 1.06 bits per heavy atom. The summed E-state index contributed by atoms with van der Waals surface area (Å²) in [5.74, 6) is 0.398. The van der Waals surface area contributed by atoms with E-state index in [1.54, 1.807) is 7.11 Å². The van der Waals surface area contributed by atoms with Crippen LogP contribution in [0.4, 0.5) is 13.2 Å². The maximum absolute atomic E-state index is 11.9. The minimum Gasteiger partial charge on any atom is -0.384 e. The van der Waals surface area contributed by atoms with Crippen LogP contribution in [0.15, 0.2) is 0 Å². The zero-order chi connectivity index (χ0) is 12.8. The highest BCUT2D eigenvalue weighted by atomic mass is 19.4. The molecule has 0 aliphatic heterocycles. The standard InChI is InChI=1S/C11H21F3O2/c1-9(2)5-10(3,6-15-4)7-16-8-11(12,13)14/h9H,5-8H2,1-4H3. The third-order valence-corrected chi connectivity index (χ3v) is 2.11. The normalized spacial score (nSPS) is 16.5. The van der Waals surface area contributed by atoms with E-state index in [2.05, 4.69) is 0 Å². The number of methoxy groups -OCH3 is 1.